The van der Waals surface area contributed by atoms with Gasteiger partial charge in [-0.1, -0.05) is 33.1 Å². The first-order valence-electron chi connectivity index (χ1n) is 7.03. The van der Waals surface area contributed by atoms with Gasteiger partial charge in [-0.25, -0.2) is 9.97 Å². The molecule has 1 aromatic rings. The van der Waals surface area contributed by atoms with Crippen molar-refractivity contribution in [1.29, 1.82) is 0 Å². The molecule has 0 radical (unpaired) electrons. The molecule has 0 saturated heterocycles. The van der Waals surface area contributed by atoms with Crippen LogP contribution in [0.15, 0.2) is 6.20 Å². The molecule has 4 nitrogen and oxygen atoms in total. The molecule has 2 N–H and O–H groups in total. The zero-order chi connectivity index (χ0) is 14.3. The third-order valence-electron chi connectivity index (χ3n) is 3.44. The second-order valence-corrected chi connectivity index (χ2v) is 5.13. The van der Waals surface area contributed by atoms with Gasteiger partial charge in [0.2, 0.25) is 5.28 Å². The van der Waals surface area contributed by atoms with E-state index in [4.69, 9.17) is 11.6 Å². The Hall–Kier alpha value is -0.870. The molecule has 1 aliphatic carbocycles. The van der Waals surface area contributed by atoms with Crippen molar-refractivity contribution in [2.75, 3.05) is 11.9 Å². The average Bonchev–Trinajstić information content (AvgIpc) is 2.46. The Labute approximate surface area is 120 Å². The largest absolute Gasteiger partial charge is 0.394 e. The van der Waals surface area contributed by atoms with Gasteiger partial charge in [0.05, 0.1) is 12.1 Å². The summed E-state index contributed by atoms with van der Waals surface area (Å²) in [5.41, 5.74) is 0.716. The summed E-state index contributed by atoms with van der Waals surface area (Å²) in [6, 6.07) is 0. The monoisotopic (exact) mass is 285 g/mol. The van der Waals surface area contributed by atoms with E-state index in [-0.39, 0.29) is 17.4 Å². The third-order valence-corrected chi connectivity index (χ3v) is 3.62. The summed E-state index contributed by atoms with van der Waals surface area (Å²) in [6.45, 7) is 6.07. The molecule has 0 unspecified atom stereocenters. The second kappa shape index (κ2) is 7.65. The van der Waals surface area contributed by atoms with Gasteiger partial charge in [0.1, 0.15) is 5.82 Å². The number of aliphatic hydroxyl groups excluding tert-OH is 1. The SMILES string of the molecule is CC.Cc1cnc(Cl)nc1NC1(CO)CCCCC1. The number of aryl methyl sites for hydroxylation is 1. The zero-order valence-corrected chi connectivity index (χ0v) is 12.8. The molecule has 1 heterocycles. The summed E-state index contributed by atoms with van der Waals surface area (Å²) in [7, 11) is 0. The van der Waals surface area contributed by atoms with Crippen LogP contribution in [0, 0.1) is 6.92 Å². The Balaban J connectivity index is 0.000000861. The first kappa shape index (κ1) is 16.2. The topological polar surface area (TPSA) is 58.0 Å². The van der Waals surface area contributed by atoms with Gasteiger partial charge in [-0.05, 0) is 31.4 Å². The minimum absolute atomic E-state index is 0.133. The van der Waals surface area contributed by atoms with E-state index in [0.717, 1.165) is 37.1 Å². The van der Waals surface area contributed by atoms with Gasteiger partial charge >= 0.3 is 0 Å². The molecule has 0 aromatic carbocycles. The van der Waals surface area contributed by atoms with Crippen LogP contribution in [0.3, 0.4) is 0 Å². The van der Waals surface area contributed by atoms with Gasteiger partial charge in [0, 0.05) is 11.8 Å². The van der Waals surface area contributed by atoms with Crippen LogP contribution in [0.4, 0.5) is 5.82 Å². The second-order valence-electron chi connectivity index (χ2n) is 4.79. The molecule has 1 saturated carbocycles. The van der Waals surface area contributed by atoms with Crippen molar-refractivity contribution >= 4 is 17.4 Å². The van der Waals surface area contributed by atoms with Crippen LogP contribution in [0.2, 0.25) is 5.28 Å². The van der Waals surface area contributed by atoms with Crippen molar-refractivity contribution in [1.82, 2.24) is 9.97 Å². The molecule has 0 aliphatic heterocycles. The van der Waals surface area contributed by atoms with Crippen molar-refractivity contribution < 1.29 is 5.11 Å². The molecule has 1 aromatic heterocycles. The lowest BCUT2D eigenvalue weighted by Gasteiger charge is -2.37. The fourth-order valence-corrected chi connectivity index (χ4v) is 2.48. The smallest absolute Gasteiger partial charge is 0.224 e. The summed E-state index contributed by atoms with van der Waals surface area (Å²) in [5, 5.41) is 13.2. The molecule has 19 heavy (non-hydrogen) atoms. The van der Waals surface area contributed by atoms with E-state index in [9.17, 15) is 5.11 Å². The normalized spacial score (nSPS) is 17.3. The van der Waals surface area contributed by atoms with E-state index in [0.29, 0.717) is 0 Å². The van der Waals surface area contributed by atoms with Crippen molar-refractivity contribution in [3.8, 4) is 0 Å². The Bertz CT molecular complexity index is 392. The minimum atomic E-state index is -0.235. The van der Waals surface area contributed by atoms with Gasteiger partial charge < -0.3 is 10.4 Å². The molecule has 2 rings (SSSR count). The van der Waals surface area contributed by atoms with Crippen LogP contribution in [-0.4, -0.2) is 27.2 Å². The first-order chi connectivity index (χ1) is 9.15. The number of hydrogen-bond donors (Lipinski definition) is 2. The molecule has 1 fully saturated rings. The van der Waals surface area contributed by atoms with E-state index in [1.54, 1.807) is 6.20 Å². The predicted octanol–water partition coefficient (Wildman–Crippen LogP) is 3.57. The van der Waals surface area contributed by atoms with E-state index < -0.39 is 0 Å². The standard InChI is InChI=1S/C12H18ClN3O.C2H6/c1-9-7-14-11(13)15-10(9)16-12(8-17)5-3-2-4-6-12;1-2/h7,17H,2-6,8H2,1H3,(H,14,15,16);1-2H3. The highest BCUT2D eigenvalue weighted by Gasteiger charge is 2.31. The zero-order valence-electron chi connectivity index (χ0n) is 12.0. The van der Waals surface area contributed by atoms with Crippen molar-refractivity contribution in [3.05, 3.63) is 17.0 Å². The lowest BCUT2D eigenvalue weighted by atomic mass is 9.82. The Morgan fingerprint density at radius 1 is 1.32 bits per heavy atom. The van der Waals surface area contributed by atoms with E-state index in [2.05, 4.69) is 15.3 Å². The summed E-state index contributed by atoms with van der Waals surface area (Å²) in [4.78, 5) is 8.12. The Morgan fingerprint density at radius 3 is 2.53 bits per heavy atom. The van der Waals surface area contributed by atoms with Crippen LogP contribution in [-0.2, 0) is 0 Å². The Morgan fingerprint density at radius 2 is 1.95 bits per heavy atom. The highest BCUT2D eigenvalue weighted by Crippen LogP contribution is 2.31. The van der Waals surface area contributed by atoms with E-state index in [1.165, 1.54) is 6.42 Å². The molecule has 1 aliphatic rings. The van der Waals surface area contributed by atoms with Crippen LogP contribution >= 0.6 is 11.6 Å². The van der Waals surface area contributed by atoms with Crippen LogP contribution in [0.5, 0.6) is 0 Å². The summed E-state index contributed by atoms with van der Waals surface area (Å²) in [5.74, 6) is 0.737. The summed E-state index contributed by atoms with van der Waals surface area (Å²) >= 11 is 5.80. The predicted molar refractivity (Wildman–Crippen MR) is 79.7 cm³/mol. The molecule has 5 heteroatoms. The third kappa shape index (κ3) is 4.32. The highest BCUT2D eigenvalue weighted by molar-refractivity contribution is 6.28. The number of nitrogens with one attached hydrogen (secondary N) is 1. The van der Waals surface area contributed by atoms with Crippen molar-refractivity contribution in [2.24, 2.45) is 0 Å². The van der Waals surface area contributed by atoms with E-state index >= 15 is 0 Å². The molecular formula is C14H24ClN3O. The number of aliphatic hydroxyl groups is 1. The van der Waals surface area contributed by atoms with Gasteiger partial charge in [-0.3, -0.25) is 0 Å². The number of anilines is 1. The summed E-state index contributed by atoms with van der Waals surface area (Å²) in [6.07, 6.45) is 7.18. The fraction of sp³-hybridized carbons (Fsp3) is 0.714. The number of rotatable bonds is 3. The quantitative estimate of drug-likeness (QED) is 0.834. The molecule has 0 amide bonds. The molecule has 0 bridgehead atoms. The molecule has 108 valence electrons. The van der Waals surface area contributed by atoms with Crippen molar-refractivity contribution in [2.45, 2.75) is 58.4 Å². The van der Waals surface area contributed by atoms with Gasteiger partial charge in [0.15, 0.2) is 0 Å². The maximum atomic E-state index is 9.62. The van der Waals surface area contributed by atoms with Crippen LogP contribution in [0.25, 0.3) is 0 Å². The van der Waals surface area contributed by atoms with Gasteiger partial charge in [-0.2, -0.15) is 0 Å². The van der Waals surface area contributed by atoms with E-state index in [1.807, 2.05) is 20.8 Å². The van der Waals surface area contributed by atoms with Gasteiger partial charge in [0.25, 0.3) is 0 Å². The van der Waals surface area contributed by atoms with Crippen LogP contribution in [0.1, 0.15) is 51.5 Å². The number of halogens is 1. The maximum Gasteiger partial charge on any atom is 0.224 e. The Kier molecular flexibility index (Phi) is 6.52. The van der Waals surface area contributed by atoms with Crippen LogP contribution < -0.4 is 5.32 Å². The number of nitrogens with zero attached hydrogens (tertiary/aromatic N) is 2. The molecular weight excluding hydrogens is 262 g/mol. The lowest BCUT2D eigenvalue weighted by molar-refractivity contribution is 0.172. The maximum absolute atomic E-state index is 9.62. The summed E-state index contributed by atoms with van der Waals surface area (Å²) < 4.78 is 0. The fourth-order valence-electron chi connectivity index (χ4n) is 2.35. The van der Waals surface area contributed by atoms with Gasteiger partial charge in [-0.15, -0.1) is 0 Å². The minimum Gasteiger partial charge on any atom is -0.394 e. The first-order valence-corrected chi connectivity index (χ1v) is 7.41. The lowest BCUT2D eigenvalue weighted by Crippen LogP contribution is -2.44. The number of hydrogen-bond acceptors (Lipinski definition) is 4. The number of aromatic nitrogens is 2. The molecule has 0 spiro atoms. The van der Waals surface area contributed by atoms with Crippen molar-refractivity contribution in [3.63, 3.8) is 0 Å². The highest BCUT2D eigenvalue weighted by atomic mass is 35.5. The molecule has 0 atom stereocenters. The average molecular weight is 286 g/mol.